The Morgan fingerprint density at radius 2 is 2.30 bits per heavy atom. The number of aromatic nitrogens is 1. The van der Waals surface area contributed by atoms with Gasteiger partial charge in [0.25, 0.3) is 0 Å². The van der Waals surface area contributed by atoms with Crippen LogP contribution in [0.25, 0.3) is 0 Å². The van der Waals surface area contributed by atoms with Crippen molar-refractivity contribution in [3.8, 4) is 0 Å². The summed E-state index contributed by atoms with van der Waals surface area (Å²) in [5, 5.41) is 10.9. The maximum Gasteiger partial charge on any atom is 0.345 e. The lowest BCUT2D eigenvalue weighted by molar-refractivity contribution is -0.385. The molecule has 1 saturated carbocycles. The van der Waals surface area contributed by atoms with Crippen molar-refractivity contribution >= 4 is 23.3 Å². The van der Waals surface area contributed by atoms with E-state index < -0.39 is 10.9 Å². The summed E-state index contributed by atoms with van der Waals surface area (Å²) in [5.41, 5.74) is -0.531. The van der Waals surface area contributed by atoms with Gasteiger partial charge < -0.3 is 4.74 Å². The van der Waals surface area contributed by atoms with Crippen LogP contribution in [-0.2, 0) is 4.74 Å². The molecule has 1 aromatic rings. The predicted molar refractivity (Wildman–Crippen MR) is 72.7 cm³/mol. The highest BCUT2D eigenvalue weighted by Gasteiger charge is 2.27. The van der Waals surface area contributed by atoms with E-state index in [0.717, 1.165) is 31.9 Å². The van der Waals surface area contributed by atoms with Gasteiger partial charge >= 0.3 is 11.7 Å². The maximum atomic E-state index is 12.1. The Morgan fingerprint density at radius 1 is 1.55 bits per heavy atom. The molecule has 1 aliphatic carbocycles. The number of halogens is 1. The normalized spacial score (nSPS) is 22.3. The summed E-state index contributed by atoms with van der Waals surface area (Å²) < 4.78 is 5.36. The summed E-state index contributed by atoms with van der Waals surface area (Å²) >= 11 is 5.69. The fourth-order valence-corrected chi connectivity index (χ4v) is 2.59. The van der Waals surface area contributed by atoms with Crippen molar-refractivity contribution in [2.75, 3.05) is 0 Å². The second-order valence-electron chi connectivity index (χ2n) is 5.08. The van der Waals surface area contributed by atoms with Crippen LogP contribution in [0.2, 0.25) is 5.15 Å². The minimum Gasteiger partial charge on any atom is -0.459 e. The first-order chi connectivity index (χ1) is 9.47. The highest BCUT2D eigenvalue weighted by Crippen LogP contribution is 2.28. The molecule has 2 rings (SSSR count). The molecule has 1 heterocycles. The van der Waals surface area contributed by atoms with E-state index in [0.29, 0.717) is 5.92 Å². The molecule has 0 bridgehead atoms. The van der Waals surface area contributed by atoms with Crippen molar-refractivity contribution in [1.29, 1.82) is 0 Å². The number of nitro groups is 1. The monoisotopic (exact) mass is 298 g/mol. The van der Waals surface area contributed by atoms with Crippen molar-refractivity contribution in [2.24, 2.45) is 5.92 Å². The first-order valence-corrected chi connectivity index (χ1v) is 6.86. The number of hydrogen-bond acceptors (Lipinski definition) is 5. The van der Waals surface area contributed by atoms with Gasteiger partial charge in [0.15, 0.2) is 0 Å². The topological polar surface area (TPSA) is 82.3 Å². The molecule has 108 valence electrons. The molecule has 0 saturated heterocycles. The second kappa shape index (κ2) is 6.17. The SMILES string of the molecule is CC1CCCC(OC(=O)c2cc(Cl)ncc2[N+](=O)[O-])C1. The molecular formula is C13H15ClN2O4. The minimum absolute atomic E-state index is 0.0274. The minimum atomic E-state index is -0.708. The molecule has 2 atom stereocenters. The van der Waals surface area contributed by atoms with E-state index >= 15 is 0 Å². The van der Waals surface area contributed by atoms with E-state index in [1.807, 2.05) is 0 Å². The number of pyridine rings is 1. The van der Waals surface area contributed by atoms with Crippen LogP contribution in [0.4, 0.5) is 5.69 Å². The van der Waals surface area contributed by atoms with Gasteiger partial charge in [-0.1, -0.05) is 24.9 Å². The van der Waals surface area contributed by atoms with E-state index in [4.69, 9.17) is 16.3 Å². The van der Waals surface area contributed by atoms with Gasteiger partial charge in [0, 0.05) is 0 Å². The van der Waals surface area contributed by atoms with Crippen molar-refractivity contribution in [3.05, 3.63) is 33.1 Å². The van der Waals surface area contributed by atoms with Crippen LogP contribution in [0.5, 0.6) is 0 Å². The summed E-state index contributed by atoms with van der Waals surface area (Å²) in [7, 11) is 0. The number of esters is 1. The fraction of sp³-hybridized carbons (Fsp3) is 0.538. The summed E-state index contributed by atoms with van der Waals surface area (Å²) in [4.78, 5) is 25.9. The number of rotatable bonds is 3. The van der Waals surface area contributed by atoms with Crippen LogP contribution in [0, 0.1) is 16.0 Å². The lowest BCUT2D eigenvalue weighted by atomic mass is 9.89. The average Bonchev–Trinajstić information content (AvgIpc) is 2.38. The third-order valence-corrected chi connectivity index (χ3v) is 3.63. The molecule has 20 heavy (non-hydrogen) atoms. The van der Waals surface area contributed by atoms with Crippen LogP contribution in [-0.4, -0.2) is 22.0 Å². The summed E-state index contributed by atoms with van der Waals surface area (Å²) in [5.74, 6) is -0.210. The molecular weight excluding hydrogens is 284 g/mol. The van der Waals surface area contributed by atoms with Crippen molar-refractivity contribution in [2.45, 2.75) is 38.7 Å². The van der Waals surface area contributed by atoms with Gasteiger partial charge in [0.05, 0.1) is 4.92 Å². The van der Waals surface area contributed by atoms with Gasteiger partial charge in [-0.3, -0.25) is 10.1 Å². The van der Waals surface area contributed by atoms with Gasteiger partial charge in [0.1, 0.15) is 23.0 Å². The lowest BCUT2D eigenvalue weighted by Crippen LogP contribution is -2.25. The number of hydrogen-bond donors (Lipinski definition) is 0. The Morgan fingerprint density at radius 3 is 2.95 bits per heavy atom. The second-order valence-corrected chi connectivity index (χ2v) is 5.47. The summed E-state index contributed by atoms with van der Waals surface area (Å²) in [6, 6.07) is 1.17. The number of nitrogens with zero attached hydrogens (tertiary/aromatic N) is 2. The predicted octanol–water partition coefficient (Wildman–Crippen LogP) is 3.38. The third kappa shape index (κ3) is 3.45. The molecule has 0 aliphatic heterocycles. The van der Waals surface area contributed by atoms with Crippen molar-refractivity contribution < 1.29 is 14.5 Å². The molecule has 1 aliphatic rings. The quantitative estimate of drug-likeness (QED) is 0.370. The van der Waals surface area contributed by atoms with Gasteiger partial charge in [-0.2, -0.15) is 0 Å². The van der Waals surface area contributed by atoms with Gasteiger partial charge in [0.2, 0.25) is 0 Å². The molecule has 0 amide bonds. The van der Waals surface area contributed by atoms with E-state index in [-0.39, 0.29) is 22.5 Å². The molecule has 2 unspecified atom stereocenters. The average molecular weight is 299 g/mol. The Labute approximate surface area is 121 Å². The lowest BCUT2D eigenvalue weighted by Gasteiger charge is -2.26. The van der Waals surface area contributed by atoms with Crippen molar-refractivity contribution in [1.82, 2.24) is 4.98 Å². The Hall–Kier alpha value is -1.69. The van der Waals surface area contributed by atoms with Gasteiger partial charge in [-0.15, -0.1) is 0 Å². The summed E-state index contributed by atoms with van der Waals surface area (Å²) in [6.45, 7) is 2.10. The first-order valence-electron chi connectivity index (χ1n) is 6.48. The largest absolute Gasteiger partial charge is 0.459 e. The molecule has 6 nitrogen and oxygen atoms in total. The third-order valence-electron chi connectivity index (χ3n) is 3.43. The number of carbonyl (C=O) groups is 1. The van der Waals surface area contributed by atoms with Crippen LogP contribution >= 0.6 is 11.6 Å². The zero-order valence-corrected chi connectivity index (χ0v) is 11.8. The zero-order chi connectivity index (χ0) is 14.7. The van der Waals surface area contributed by atoms with Crippen molar-refractivity contribution in [3.63, 3.8) is 0 Å². The number of carbonyl (C=O) groups excluding carboxylic acids is 1. The van der Waals surface area contributed by atoms with E-state index in [1.165, 1.54) is 6.07 Å². The molecule has 0 radical (unpaired) electrons. The van der Waals surface area contributed by atoms with Crippen LogP contribution in [0.3, 0.4) is 0 Å². The van der Waals surface area contributed by atoms with E-state index in [2.05, 4.69) is 11.9 Å². The van der Waals surface area contributed by atoms with Crippen LogP contribution in [0.15, 0.2) is 12.3 Å². The molecule has 7 heteroatoms. The van der Waals surface area contributed by atoms with Crippen LogP contribution < -0.4 is 0 Å². The van der Waals surface area contributed by atoms with Gasteiger partial charge in [-0.05, 0) is 31.2 Å². The molecule has 1 fully saturated rings. The Balaban J connectivity index is 2.16. The Kier molecular flexibility index (Phi) is 4.54. The highest BCUT2D eigenvalue weighted by molar-refractivity contribution is 6.29. The molecule has 0 N–H and O–H groups in total. The molecule has 1 aromatic heterocycles. The smallest absolute Gasteiger partial charge is 0.345 e. The molecule has 0 spiro atoms. The van der Waals surface area contributed by atoms with E-state index in [9.17, 15) is 14.9 Å². The zero-order valence-electron chi connectivity index (χ0n) is 11.0. The highest BCUT2D eigenvalue weighted by atomic mass is 35.5. The summed E-state index contributed by atoms with van der Waals surface area (Å²) in [6.07, 6.45) is 4.50. The Bertz CT molecular complexity index is 535. The molecule has 0 aromatic carbocycles. The fourth-order valence-electron chi connectivity index (χ4n) is 2.43. The maximum absolute atomic E-state index is 12.1. The first kappa shape index (κ1) is 14.7. The van der Waals surface area contributed by atoms with Gasteiger partial charge in [-0.25, -0.2) is 9.78 Å². The number of ether oxygens (including phenoxy) is 1. The standard InChI is InChI=1S/C13H15ClN2O4/c1-8-3-2-4-9(5-8)20-13(17)10-6-12(14)15-7-11(10)16(18)19/h6-9H,2-5H2,1H3. The van der Waals surface area contributed by atoms with Crippen LogP contribution in [0.1, 0.15) is 43.0 Å². The van der Waals surface area contributed by atoms with E-state index in [1.54, 1.807) is 0 Å².